The summed E-state index contributed by atoms with van der Waals surface area (Å²) in [5, 5.41) is 4.54. The third-order valence-electron chi connectivity index (χ3n) is 1.50. The molecule has 0 unspecified atom stereocenters. The summed E-state index contributed by atoms with van der Waals surface area (Å²) >= 11 is 5.69. The first-order chi connectivity index (χ1) is 5.27. The van der Waals surface area contributed by atoms with E-state index in [2.05, 4.69) is 10.1 Å². The van der Waals surface area contributed by atoms with Crippen molar-refractivity contribution < 1.29 is 0 Å². The second kappa shape index (κ2) is 2.24. The van der Waals surface area contributed by atoms with Gasteiger partial charge in [0.25, 0.3) is 0 Å². The molecule has 2 aromatic rings. The van der Waals surface area contributed by atoms with Gasteiger partial charge in [0, 0.05) is 11.8 Å². The molecule has 0 atom stereocenters. The lowest BCUT2D eigenvalue weighted by atomic mass is 10.1. The fraction of sp³-hybridized carbons (Fsp3) is 0. The van der Waals surface area contributed by atoms with Crippen molar-refractivity contribution in [1.82, 2.24) is 14.6 Å². The summed E-state index contributed by atoms with van der Waals surface area (Å²) in [5.74, 6) is 0. The van der Waals surface area contributed by atoms with Gasteiger partial charge in [0.1, 0.15) is 5.15 Å². The Balaban J connectivity index is 2.87. The molecule has 5 heteroatoms. The minimum absolute atomic E-state index is 0.485. The highest BCUT2D eigenvalue weighted by Gasteiger charge is 1.98. The van der Waals surface area contributed by atoms with E-state index < -0.39 is 0 Å². The van der Waals surface area contributed by atoms with Gasteiger partial charge in [-0.15, -0.1) is 0 Å². The molecular weight excluding hydrogens is 160 g/mol. The van der Waals surface area contributed by atoms with Crippen molar-refractivity contribution in [3.8, 4) is 0 Å². The lowest BCUT2D eigenvalue weighted by Crippen LogP contribution is -2.11. The van der Waals surface area contributed by atoms with Crippen LogP contribution in [0.4, 0.5) is 0 Å². The largest absolute Gasteiger partial charge is 0.236 e. The predicted molar refractivity (Wildman–Crippen MR) is 46.2 cm³/mol. The number of nitrogens with zero attached hydrogens (tertiary/aromatic N) is 3. The molecular formula is C6H5BClN3. The molecule has 0 amide bonds. The molecule has 0 aliphatic heterocycles. The van der Waals surface area contributed by atoms with Gasteiger partial charge in [-0.3, -0.25) is 0 Å². The van der Waals surface area contributed by atoms with Crippen LogP contribution in [0.15, 0.2) is 18.3 Å². The first-order valence-electron chi connectivity index (χ1n) is 3.24. The standard InChI is InChI=1S/C6H5BClN3/c7-4-3-9-6-2-1-5(8)10-11(4)6/h1-3H,7H2. The number of hydrogen-bond donors (Lipinski definition) is 0. The first-order valence-corrected chi connectivity index (χ1v) is 3.62. The zero-order valence-electron chi connectivity index (χ0n) is 5.95. The monoisotopic (exact) mass is 165 g/mol. The Hall–Kier alpha value is -1.03. The van der Waals surface area contributed by atoms with Gasteiger partial charge < -0.3 is 0 Å². The number of halogens is 1. The predicted octanol–water partition coefficient (Wildman–Crippen LogP) is -0.359. The SMILES string of the molecule is Bc1cnc2ccc(Cl)nn12. The second-order valence-corrected chi connectivity index (χ2v) is 2.71. The van der Waals surface area contributed by atoms with Crippen LogP contribution in [0.2, 0.25) is 5.15 Å². The smallest absolute Gasteiger partial charge is 0.166 e. The van der Waals surface area contributed by atoms with E-state index in [0.717, 1.165) is 11.2 Å². The summed E-state index contributed by atoms with van der Waals surface area (Å²) < 4.78 is 1.71. The Labute approximate surface area is 69.4 Å². The van der Waals surface area contributed by atoms with Gasteiger partial charge in [0.2, 0.25) is 0 Å². The van der Waals surface area contributed by atoms with Crippen molar-refractivity contribution in [1.29, 1.82) is 0 Å². The number of imidazole rings is 1. The first kappa shape index (κ1) is 6.67. The molecule has 2 aromatic heterocycles. The Morgan fingerprint density at radius 1 is 1.45 bits per heavy atom. The fourth-order valence-electron chi connectivity index (χ4n) is 0.966. The Bertz CT molecular complexity index is 398. The second-order valence-electron chi connectivity index (χ2n) is 2.33. The minimum Gasteiger partial charge on any atom is -0.236 e. The van der Waals surface area contributed by atoms with Crippen LogP contribution in [0, 0.1) is 0 Å². The van der Waals surface area contributed by atoms with Crippen LogP contribution in [0.3, 0.4) is 0 Å². The quantitative estimate of drug-likeness (QED) is 0.499. The van der Waals surface area contributed by atoms with Crippen LogP contribution in [0.25, 0.3) is 5.65 Å². The molecule has 0 saturated heterocycles. The molecule has 11 heavy (non-hydrogen) atoms. The van der Waals surface area contributed by atoms with Crippen molar-refractivity contribution in [2.24, 2.45) is 0 Å². The van der Waals surface area contributed by atoms with E-state index in [-0.39, 0.29) is 0 Å². The number of aromatic nitrogens is 3. The maximum absolute atomic E-state index is 5.69. The maximum Gasteiger partial charge on any atom is 0.166 e. The molecule has 0 aromatic carbocycles. The molecule has 0 radical (unpaired) electrons. The topological polar surface area (TPSA) is 30.2 Å². The lowest BCUT2D eigenvalue weighted by molar-refractivity contribution is 0.959. The summed E-state index contributed by atoms with van der Waals surface area (Å²) in [6, 6.07) is 3.56. The summed E-state index contributed by atoms with van der Waals surface area (Å²) in [7, 11) is 1.93. The van der Waals surface area contributed by atoms with Crippen molar-refractivity contribution in [2.45, 2.75) is 0 Å². The average Bonchev–Trinajstić information content (AvgIpc) is 2.33. The molecule has 2 rings (SSSR count). The van der Waals surface area contributed by atoms with Crippen LogP contribution in [-0.2, 0) is 0 Å². The van der Waals surface area contributed by atoms with Gasteiger partial charge in [-0.25, -0.2) is 9.50 Å². The van der Waals surface area contributed by atoms with Gasteiger partial charge >= 0.3 is 0 Å². The molecule has 0 fully saturated rings. The van der Waals surface area contributed by atoms with E-state index in [1.165, 1.54) is 0 Å². The molecule has 2 heterocycles. The van der Waals surface area contributed by atoms with Crippen LogP contribution in [-0.4, -0.2) is 22.4 Å². The zero-order chi connectivity index (χ0) is 7.84. The Morgan fingerprint density at radius 3 is 3.09 bits per heavy atom. The van der Waals surface area contributed by atoms with Crippen molar-refractivity contribution >= 4 is 30.7 Å². The van der Waals surface area contributed by atoms with E-state index in [1.807, 2.05) is 13.9 Å². The minimum atomic E-state index is 0.485. The van der Waals surface area contributed by atoms with Crippen molar-refractivity contribution in [3.63, 3.8) is 0 Å². The Kier molecular flexibility index (Phi) is 1.36. The average molecular weight is 165 g/mol. The van der Waals surface area contributed by atoms with Gasteiger partial charge in [0.15, 0.2) is 13.5 Å². The summed E-state index contributed by atoms with van der Waals surface area (Å²) in [4.78, 5) is 4.10. The van der Waals surface area contributed by atoms with Crippen molar-refractivity contribution in [3.05, 3.63) is 23.5 Å². The van der Waals surface area contributed by atoms with Crippen LogP contribution in [0.1, 0.15) is 0 Å². The number of hydrogen-bond acceptors (Lipinski definition) is 2. The third-order valence-corrected chi connectivity index (χ3v) is 1.70. The highest BCUT2D eigenvalue weighted by atomic mass is 35.5. The fourth-order valence-corrected chi connectivity index (χ4v) is 1.10. The number of fused-ring (bicyclic) bond motifs is 1. The molecule has 0 N–H and O–H groups in total. The summed E-state index contributed by atoms with van der Waals surface area (Å²) in [6.07, 6.45) is 1.76. The normalized spacial score (nSPS) is 10.6. The van der Waals surface area contributed by atoms with Crippen molar-refractivity contribution in [2.75, 3.05) is 0 Å². The molecule has 0 aliphatic rings. The molecule has 54 valence electrons. The van der Waals surface area contributed by atoms with E-state index in [9.17, 15) is 0 Å². The zero-order valence-corrected chi connectivity index (χ0v) is 6.71. The van der Waals surface area contributed by atoms with Gasteiger partial charge in [-0.1, -0.05) is 11.6 Å². The summed E-state index contributed by atoms with van der Waals surface area (Å²) in [5.41, 5.74) is 1.81. The molecule has 0 aliphatic carbocycles. The highest BCUT2D eigenvalue weighted by Crippen LogP contribution is 2.03. The molecule has 0 spiro atoms. The third kappa shape index (κ3) is 0.992. The van der Waals surface area contributed by atoms with Crippen LogP contribution in [0.5, 0.6) is 0 Å². The van der Waals surface area contributed by atoms with Gasteiger partial charge in [-0.2, -0.15) is 5.10 Å². The molecule has 3 nitrogen and oxygen atoms in total. The van der Waals surface area contributed by atoms with E-state index in [0.29, 0.717) is 5.15 Å². The van der Waals surface area contributed by atoms with E-state index >= 15 is 0 Å². The maximum atomic E-state index is 5.69. The van der Waals surface area contributed by atoms with Gasteiger partial charge in [-0.05, 0) is 12.1 Å². The lowest BCUT2D eigenvalue weighted by Gasteiger charge is -1.93. The summed E-state index contributed by atoms with van der Waals surface area (Å²) in [6.45, 7) is 0. The Morgan fingerprint density at radius 2 is 2.27 bits per heavy atom. The molecule has 0 bridgehead atoms. The molecule has 0 saturated carbocycles. The van der Waals surface area contributed by atoms with Gasteiger partial charge in [0.05, 0.1) is 0 Å². The highest BCUT2D eigenvalue weighted by molar-refractivity contribution is 6.31. The number of rotatable bonds is 0. The van der Waals surface area contributed by atoms with Crippen LogP contribution < -0.4 is 5.59 Å². The van der Waals surface area contributed by atoms with E-state index in [1.54, 1.807) is 16.8 Å². The van der Waals surface area contributed by atoms with E-state index in [4.69, 9.17) is 11.6 Å². The van der Waals surface area contributed by atoms with Crippen LogP contribution >= 0.6 is 11.6 Å².